The molecule has 6 nitrogen and oxygen atoms in total. The summed E-state index contributed by atoms with van der Waals surface area (Å²) in [5.41, 5.74) is 0. The van der Waals surface area contributed by atoms with E-state index in [1.165, 1.54) is 11.9 Å². The first-order chi connectivity index (χ1) is 7.06. The van der Waals surface area contributed by atoms with Crippen LogP contribution in [0.4, 0.5) is 4.79 Å². The standard InChI is InChI=1S/C9H16N2O4/c1-10(5-8(13)14)9(15)11-4-2-3-7(11)6-12/h7,12H,2-6H2,1H3,(H,13,14). The minimum absolute atomic E-state index is 0.0628. The average Bonchev–Trinajstić information content (AvgIpc) is 2.62. The number of hydrogen-bond acceptors (Lipinski definition) is 3. The van der Waals surface area contributed by atoms with E-state index in [9.17, 15) is 9.59 Å². The lowest BCUT2D eigenvalue weighted by Gasteiger charge is -2.27. The topological polar surface area (TPSA) is 81.1 Å². The van der Waals surface area contributed by atoms with E-state index in [0.29, 0.717) is 6.54 Å². The van der Waals surface area contributed by atoms with Crippen molar-refractivity contribution in [3.63, 3.8) is 0 Å². The molecule has 1 unspecified atom stereocenters. The van der Waals surface area contributed by atoms with Crippen LogP contribution >= 0.6 is 0 Å². The Hall–Kier alpha value is -1.30. The van der Waals surface area contributed by atoms with Gasteiger partial charge in [0.15, 0.2) is 0 Å². The van der Waals surface area contributed by atoms with E-state index in [4.69, 9.17) is 10.2 Å². The molecule has 1 atom stereocenters. The molecule has 0 radical (unpaired) electrons. The van der Waals surface area contributed by atoms with Crippen molar-refractivity contribution in [2.75, 3.05) is 26.7 Å². The lowest BCUT2D eigenvalue weighted by Crippen LogP contribution is -2.46. The number of likely N-dealkylation sites (N-methyl/N-ethyl adjacent to an activating group) is 1. The first-order valence-corrected chi connectivity index (χ1v) is 4.90. The summed E-state index contributed by atoms with van der Waals surface area (Å²) < 4.78 is 0. The van der Waals surface area contributed by atoms with Crippen LogP contribution < -0.4 is 0 Å². The molecule has 0 spiro atoms. The van der Waals surface area contributed by atoms with Gasteiger partial charge in [0.1, 0.15) is 6.54 Å². The number of carbonyl (C=O) groups is 2. The highest BCUT2D eigenvalue weighted by molar-refractivity contribution is 5.80. The molecule has 0 aromatic heterocycles. The van der Waals surface area contributed by atoms with Gasteiger partial charge in [-0.25, -0.2) is 4.79 Å². The van der Waals surface area contributed by atoms with Gasteiger partial charge in [-0.15, -0.1) is 0 Å². The molecule has 0 aliphatic carbocycles. The van der Waals surface area contributed by atoms with E-state index in [1.807, 2.05) is 0 Å². The monoisotopic (exact) mass is 216 g/mol. The minimum atomic E-state index is -1.04. The number of aliphatic hydroxyl groups is 1. The van der Waals surface area contributed by atoms with Gasteiger partial charge >= 0.3 is 12.0 Å². The Kier molecular flexibility index (Phi) is 3.90. The van der Waals surface area contributed by atoms with E-state index in [0.717, 1.165) is 17.7 Å². The maximum absolute atomic E-state index is 11.7. The number of carbonyl (C=O) groups excluding carboxylic acids is 1. The largest absolute Gasteiger partial charge is 0.480 e. The Bertz CT molecular complexity index is 256. The van der Waals surface area contributed by atoms with Crippen molar-refractivity contribution in [1.82, 2.24) is 9.80 Å². The van der Waals surface area contributed by atoms with Crippen molar-refractivity contribution in [3.8, 4) is 0 Å². The predicted octanol–water partition coefficient (Wildman–Crippen LogP) is -0.421. The summed E-state index contributed by atoms with van der Waals surface area (Å²) in [5, 5.41) is 17.6. The van der Waals surface area contributed by atoms with Crippen molar-refractivity contribution in [3.05, 3.63) is 0 Å². The maximum atomic E-state index is 11.7. The summed E-state index contributed by atoms with van der Waals surface area (Å²) in [7, 11) is 1.45. The molecule has 2 N–H and O–H groups in total. The first-order valence-electron chi connectivity index (χ1n) is 4.90. The lowest BCUT2D eigenvalue weighted by molar-refractivity contribution is -0.137. The number of aliphatic carboxylic acids is 1. The number of rotatable bonds is 3. The van der Waals surface area contributed by atoms with Crippen LogP contribution in [0.5, 0.6) is 0 Å². The predicted molar refractivity (Wildman–Crippen MR) is 52.5 cm³/mol. The second-order valence-corrected chi connectivity index (χ2v) is 3.70. The number of likely N-dealkylation sites (tertiary alicyclic amines) is 1. The van der Waals surface area contributed by atoms with Gasteiger partial charge in [0.2, 0.25) is 0 Å². The number of carboxylic acids is 1. The third kappa shape index (κ3) is 2.82. The van der Waals surface area contributed by atoms with E-state index >= 15 is 0 Å². The zero-order chi connectivity index (χ0) is 11.4. The van der Waals surface area contributed by atoms with E-state index in [2.05, 4.69) is 0 Å². The second kappa shape index (κ2) is 4.97. The van der Waals surface area contributed by atoms with Gasteiger partial charge in [-0.3, -0.25) is 4.79 Å². The van der Waals surface area contributed by atoms with Gasteiger partial charge in [0.25, 0.3) is 0 Å². The van der Waals surface area contributed by atoms with Crippen LogP contribution in [0.15, 0.2) is 0 Å². The molecule has 1 fully saturated rings. The molecule has 15 heavy (non-hydrogen) atoms. The molecule has 6 heteroatoms. The summed E-state index contributed by atoms with van der Waals surface area (Å²) in [5.74, 6) is -1.04. The quantitative estimate of drug-likeness (QED) is 0.671. The number of amides is 2. The molecule has 1 aliphatic rings. The summed E-state index contributed by atoms with van der Waals surface area (Å²) in [6.45, 7) is 0.216. The van der Waals surface area contributed by atoms with E-state index < -0.39 is 5.97 Å². The summed E-state index contributed by atoms with van der Waals surface area (Å²) in [4.78, 5) is 24.8. The molecule has 0 saturated carbocycles. The van der Waals surface area contributed by atoms with Crippen LogP contribution in [0.3, 0.4) is 0 Å². The van der Waals surface area contributed by atoms with Crippen LogP contribution in [0.2, 0.25) is 0 Å². The first kappa shape index (κ1) is 11.8. The highest BCUT2D eigenvalue weighted by atomic mass is 16.4. The van der Waals surface area contributed by atoms with Crippen molar-refractivity contribution in [2.45, 2.75) is 18.9 Å². The molecule has 1 saturated heterocycles. The highest BCUT2D eigenvalue weighted by Gasteiger charge is 2.30. The van der Waals surface area contributed by atoms with Crippen LogP contribution in [0, 0.1) is 0 Å². The molecule has 0 aromatic carbocycles. The smallest absolute Gasteiger partial charge is 0.323 e. The maximum Gasteiger partial charge on any atom is 0.323 e. The summed E-state index contributed by atoms with van der Waals surface area (Å²) in [6, 6.07) is -0.484. The summed E-state index contributed by atoms with van der Waals surface area (Å²) >= 11 is 0. The average molecular weight is 216 g/mol. The van der Waals surface area contributed by atoms with Crippen molar-refractivity contribution < 1.29 is 19.8 Å². The molecule has 0 bridgehead atoms. The second-order valence-electron chi connectivity index (χ2n) is 3.70. The molecule has 0 aromatic rings. The lowest BCUT2D eigenvalue weighted by atomic mass is 10.2. The van der Waals surface area contributed by atoms with Crippen molar-refractivity contribution >= 4 is 12.0 Å². The van der Waals surface area contributed by atoms with Gasteiger partial charge in [-0.1, -0.05) is 0 Å². The van der Waals surface area contributed by atoms with Crippen molar-refractivity contribution in [2.24, 2.45) is 0 Å². The Labute approximate surface area is 88.1 Å². The Morgan fingerprint density at radius 3 is 2.73 bits per heavy atom. The molecule has 1 rings (SSSR count). The molecule has 1 aliphatic heterocycles. The Morgan fingerprint density at radius 2 is 2.20 bits per heavy atom. The normalized spacial score (nSPS) is 20.4. The third-order valence-electron chi connectivity index (χ3n) is 2.53. The van der Waals surface area contributed by atoms with Gasteiger partial charge in [-0.05, 0) is 12.8 Å². The van der Waals surface area contributed by atoms with Crippen molar-refractivity contribution in [1.29, 1.82) is 0 Å². The third-order valence-corrected chi connectivity index (χ3v) is 2.53. The van der Waals surface area contributed by atoms with Gasteiger partial charge in [0, 0.05) is 13.6 Å². The highest BCUT2D eigenvalue weighted by Crippen LogP contribution is 2.17. The van der Waals surface area contributed by atoms with Crippen LogP contribution in [-0.2, 0) is 4.79 Å². The molecule has 1 heterocycles. The van der Waals surface area contributed by atoms with Gasteiger partial charge in [-0.2, -0.15) is 0 Å². The van der Waals surface area contributed by atoms with E-state index in [1.54, 1.807) is 0 Å². The Morgan fingerprint density at radius 1 is 1.53 bits per heavy atom. The fourth-order valence-electron chi connectivity index (χ4n) is 1.77. The molecule has 86 valence electrons. The zero-order valence-corrected chi connectivity index (χ0v) is 8.72. The SMILES string of the molecule is CN(CC(=O)O)C(=O)N1CCCC1CO. The fraction of sp³-hybridized carbons (Fsp3) is 0.778. The zero-order valence-electron chi connectivity index (χ0n) is 8.72. The fourth-order valence-corrected chi connectivity index (χ4v) is 1.77. The summed E-state index contributed by atoms with van der Waals surface area (Å²) in [6.07, 6.45) is 1.64. The number of urea groups is 1. The molecular formula is C9H16N2O4. The van der Waals surface area contributed by atoms with Crippen LogP contribution in [-0.4, -0.2) is 64.8 Å². The number of nitrogens with zero attached hydrogens (tertiary/aromatic N) is 2. The number of hydrogen-bond donors (Lipinski definition) is 2. The van der Waals surface area contributed by atoms with Gasteiger partial charge in [0.05, 0.1) is 12.6 Å². The molecule has 2 amide bonds. The number of carboxylic acid groups (broad SMARTS) is 1. The molecular weight excluding hydrogens is 200 g/mol. The van der Waals surface area contributed by atoms with E-state index in [-0.39, 0.29) is 25.2 Å². The van der Waals surface area contributed by atoms with Crippen LogP contribution in [0.1, 0.15) is 12.8 Å². The number of aliphatic hydroxyl groups excluding tert-OH is 1. The van der Waals surface area contributed by atoms with Crippen LogP contribution in [0.25, 0.3) is 0 Å². The Balaban J connectivity index is 2.55. The van der Waals surface area contributed by atoms with Gasteiger partial charge < -0.3 is 20.0 Å². The minimum Gasteiger partial charge on any atom is -0.480 e.